The lowest BCUT2D eigenvalue weighted by Gasteiger charge is -2.11. The van der Waals surface area contributed by atoms with Gasteiger partial charge in [-0.2, -0.15) is 0 Å². The number of oxime groups is 1. The average molecular weight is 230 g/mol. The predicted octanol–water partition coefficient (Wildman–Crippen LogP) is 1.73. The molecule has 0 aromatic heterocycles. The average Bonchev–Trinajstić information content (AvgIpc) is 2.23. The molecule has 0 radical (unpaired) electrons. The smallest absolute Gasteiger partial charge is 0.145 e. The van der Waals surface area contributed by atoms with Crippen LogP contribution in [-0.4, -0.2) is 17.6 Å². The molecule has 0 aliphatic rings. The molecule has 0 bridgehead atoms. The van der Waals surface area contributed by atoms with Crippen LogP contribution < -0.4 is 10.5 Å². The van der Waals surface area contributed by atoms with Crippen molar-refractivity contribution in [3.63, 3.8) is 0 Å². The number of amidine groups is 1. The molecule has 0 saturated heterocycles. The number of benzene rings is 1. The van der Waals surface area contributed by atoms with E-state index in [0.29, 0.717) is 0 Å². The standard InChI is InChI=1S/C10H12F2N2O2/c1-6(10(13)14-15)5-16-9-3-7(11)2-8(12)4-9/h2-4,6,15H,5H2,1H3,(H2,13,14). The number of rotatable bonds is 4. The highest BCUT2D eigenvalue weighted by Crippen LogP contribution is 2.16. The molecule has 0 aliphatic carbocycles. The predicted molar refractivity (Wildman–Crippen MR) is 54.4 cm³/mol. The first kappa shape index (κ1) is 12.2. The number of halogens is 2. The summed E-state index contributed by atoms with van der Waals surface area (Å²) in [5.74, 6) is -1.72. The van der Waals surface area contributed by atoms with Crippen LogP contribution in [0.4, 0.5) is 8.78 Å². The molecule has 0 heterocycles. The largest absolute Gasteiger partial charge is 0.493 e. The molecule has 1 aromatic carbocycles. The minimum atomic E-state index is -0.716. The van der Waals surface area contributed by atoms with Gasteiger partial charge in [0, 0.05) is 18.2 Å². The first-order chi connectivity index (χ1) is 7.52. The van der Waals surface area contributed by atoms with Gasteiger partial charge in [-0.25, -0.2) is 8.78 Å². The van der Waals surface area contributed by atoms with Crippen molar-refractivity contribution >= 4 is 5.84 Å². The molecule has 6 heteroatoms. The summed E-state index contributed by atoms with van der Waals surface area (Å²) >= 11 is 0. The van der Waals surface area contributed by atoms with E-state index in [2.05, 4.69) is 5.16 Å². The van der Waals surface area contributed by atoms with Gasteiger partial charge in [0.05, 0.1) is 12.5 Å². The van der Waals surface area contributed by atoms with E-state index in [1.54, 1.807) is 6.92 Å². The fourth-order valence-electron chi connectivity index (χ4n) is 1.02. The van der Waals surface area contributed by atoms with Crippen molar-refractivity contribution in [1.29, 1.82) is 0 Å². The summed E-state index contributed by atoms with van der Waals surface area (Å²) in [5, 5.41) is 11.2. The number of hydrogen-bond acceptors (Lipinski definition) is 3. The Balaban J connectivity index is 2.61. The van der Waals surface area contributed by atoms with Crippen molar-refractivity contribution in [2.24, 2.45) is 16.8 Å². The maximum absolute atomic E-state index is 12.8. The van der Waals surface area contributed by atoms with Gasteiger partial charge in [-0.05, 0) is 0 Å². The molecule has 0 amide bonds. The van der Waals surface area contributed by atoms with Crippen molar-refractivity contribution < 1.29 is 18.7 Å². The molecule has 88 valence electrons. The van der Waals surface area contributed by atoms with E-state index in [1.807, 2.05) is 0 Å². The van der Waals surface area contributed by atoms with E-state index in [1.165, 1.54) is 0 Å². The zero-order valence-corrected chi connectivity index (χ0v) is 8.65. The third-order valence-corrected chi connectivity index (χ3v) is 1.96. The van der Waals surface area contributed by atoms with Crippen LogP contribution >= 0.6 is 0 Å². The lowest BCUT2D eigenvalue weighted by molar-refractivity contribution is 0.277. The first-order valence-corrected chi connectivity index (χ1v) is 4.59. The second kappa shape index (κ2) is 5.29. The van der Waals surface area contributed by atoms with Gasteiger partial charge >= 0.3 is 0 Å². The Labute approximate surface area is 91.3 Å². The Hall–Kier alpha value is -1.85. The third-order valence-electron chi connectivity index (χ3n) is 1.96. The van der Waals surface area contributed by atoms with Crippen molar-refractivity contribution in [3.8, 4) is 5.75 Å². The molecular formula is C10H12F2N2O2. The van der Waals surface area contributed by atoms with E-state index in [4.69, 9.17) is 15.7 Å². The van der Waals surface area contributed by atoms with Crippen LogP contribution in [0.25, 0.3) is 0 Å². The summed E-state index contributed by atoms with van der Waals surface area (Å²) < 4.78 is 30.6. The van der Waals surface area contributed by atoms with Gasteiger partial charge in [-0.1, -0.05) is 12.1 Å². The number of ether oxygens (including phenoxy) is 1. The highest BCUT2D eigenvalue weighted by Gasteiger charge is 2.09. The Bertz CT molecular complexity index is 376. The first-order valence-electron chi connectivity index (χ1n) is 4.59. The fraction of sp³-hybridized carbons (Fsp3) is 0.300. The minimum absolute atomic E-state index is 0.00289. The second-order valence-electron chi connectivity index (χ2n) is 3.34. The monoisotopic (exact) mass is 230 g/mol. The van der Waals surface area contributed by atoms with E-state index in [9.17, 15) is 8.78 Å². The summed E-state index contributed by atoms with van der Waals surface area (Å²) in [6.07, 6.45) is 0. The Kier molecular flexibility index (Phi) is 4.04. The SMILES string of the molecule is CC(COc1cc(F)cc(F)c1)C(N)=NO. The molecule has 1 aromatic rings. The summed E-state index contributed by atoms with van der Waals surface area (Å²) in [7, 11) is 0. The van der Waals surface area contributed by atoms with Crippen LogP contribution in [-0.2, 0) is 0 Å². The molecule has 4 nitrogen and oxygen atoms in total. The van der Waals surface area contributed by atoms with Crippen molar-refractivity contribution in [2.75, 3.05) is 6.61 Å². The van der Waals surface area contributed by atoms with Crippen LogP contribution in [0.2, 0.25) is 0 Å². The van der Waals surface area contributed by atoms with Crippen LogP contribution in [0.5, 0.6) is 5.75 Å². The second-order valence-corrected chi connectivity index (χ2v) is 3.34. The zero-order valence-electron chi connectivity index (χ0n) is 8.65. The fourth-order valence-corrected chi connectivity index (χ4v) is 1.02. The quantitative estimate of drug-likeness (QED) is 0.358. The van der Waals surface area contributed by atoms with E-state index in [-0.39, 0.29) is 24.1 Å². The molecule has 1 atom stereocenters. The van der Waals surface area contributed by atoms with E-state index in [0.717, 1.165) is 18.2 Å². The molecule has 0 saturated carbocycles. The highest BCUT2D eigenvalue weighted by molar-refractivity contribution is 5.81. The van der Waals surface area contributed by atoms with Crippen molar-refractivity contribution in [3.05, 3.63) is 29.8 Å². The van der Waals surface area contributed by atoms with Gasteiger partial charge in [-0.3, -0.25) is 0 Å². The molecule has 0 aliphatic heterocycles. The molecule has 0 spiro atoms. The lowest BCUT2D eigenvalue weighted by atomic mass is 10.2. The van der Waals surface area contributed by atoms with Crippen molar-refractivity contribution in [2.45, 2.75) is 6.92 Å². The number of nitrogens with zero attached hydrogens (tertiary/aromatic N) is 1. The molecule has 3 N–H and O–H groups in total. The van der Waals surface area contributed by atoms with Crippen molar-refractivity contribution in [1.82, 2.24) is 0 Å². The van der Waals surface area contributed by atoms with Gasteiger partial charge in [0.1, 0.15) is 23.2 Å². The van der Waals surface area contributed by atoms with Gasteiger partial charge in [0.25, 0.3) is 0 Å². The molecular weight excluding hydrogens is 218 g/mol. The zero-order chi connectivity index (χ0) is 12.1. The summed E-state index contributed by atoms with van der Waals surface area (Å²) in [6, 6.07) is 2.87. The normalized spacial score (nSPS) is 13.6. The lowest BCUT2D eigenvalue weighted by Crippen LogP contribution is -2.26. The highest BCUT2D eigenvalue weighted by atomic mass is 19.1. The summed E-state index contributed by atoms with van der Waals surface area (Å²) in [4.78, 5) is 0. The van der Waals surface area contributed by atoms with Crippen LogP contribution in [0.3, 0.4) is 0 Å². The maximum Gasteiger partial charge on any atom is 0.145 e. The topological polar surface area (TPSA) is 67.8 Å². The molecule has 1 rings (SSSR count). The number of nitrogens with two attached hydrogens (primary N) is 1. The Morgan fingerprint density at radius 1 is 1.44 bits per heavy atom. The van der Waals surface area contributed by atoms with E-state index >= 15 is 0 Å². The van der Waals surface area contributed by atoms with Gasteiger partial charge in [-0.15, -0.1) is 0 Å². The summed E-state index contributed by atoms with van der Waals surface area (Å²) in [6.45, 7) is 1.73. The van der Waals surface area contributed by atoms with Crippen LogP contribution in [0.15, 0.2) is 23.4 Å². The third kappa shape index (κ3) is 3.38. The van der Waals surface area contributed by atoms with Crippen LogP contribution in [0, 0.1) is 17.6 Å². The molecule has 16 heavy (non-hydrogen) atoms. The minimum Gasteiger partial charge on any atom is -0.493 e. The van der Waals surface area contributed by atoms with Gasteiger partial charge < -0.3 is 15.7 Å². The van der Waals surface area contributed by atoms with Gasteiger partial charge in [0.2, 0.25) is 0 Å². The maximum atomic E-state index is 12.8. The molecule has 1 unspecified atom stereocenters. The Morgan fingerprint density at radius 3 is 2.50 bits per heavy atom. The van der Waals surface area contributed by atoms with E-state index < -0.39 is 11.6 Å². The summed E-state index contributed by atoms with van der Waals surface area (Å²) in [5.41, 5.74) is 5.31. The molecule has 0 fully saturated rings. The van der Waals surface area contributed by atoms with Gasteiger partial charge in [0.15, 0.2) is 0 Å². The number of hydrogen-bond donors (Lipinski definition) is 2. The Morgan fingerprint density at radius 2 is 2.00 bits per heavy atom. The van der Waals surface area contributed by atoms with Crippen LogP contribution in [0.1, 0.15) is 6.92 Å².